The third-order valence-corrected chi connectivity index (χ3v) is 3.36. The van der Waals surface area contributed by atoms with Gasteiger partial charge in [-0.05, 0) is 39.3 Å². The molecule has 6 heteroatoms. The van der Waals surface area contributed by atoms with E-state index in [1.54, 1.807) is 17.0 Å². The molecule has 1 aliphatic rings. The Kier molecular flexibility index (Phi) is 4.78. The molecule has 5 nitrogen and oxygen atoms in total. The molecule has 0 spiro atoms. The molecule has 1 saturated heterocycles. The van der Waals surface area contributed by atoms with E-state index in [0.717, 1.165) is 12.1 Å². The minimum absolute atomic E-state index is 0.114. The van der Waals surface area contributed by atoms with Gasteiger partial charge in [0.1, 0.15) is 5.60 Å². The molecule has 122 valence electrons. The van der Waals surface area contributed by atoms with Gasteiger partial charge in [-0.3, -0.25) is 0 Å². The first-order valence-corrected chi connectivity index (χ1v) is 7.36. The molecule has 1 aromatic rings. The Bertz CT molecular complexity index is 543. The third kappa shape index (κ3) is 4.26. The van der Waals surface area contributed by atoms with Crippen LogP contribution in [-0.4, -0.2) is 42.8 Å². The van der Waals surface area contributed by atoms with Gasteiger partial charge in [0.2, 0.25) is 0 Å². The number of methoxy groups -OCH3 is 1. The van der Waals surface area contributed by atoms with Crippen molar-refractivity contribution in [3.8, 4) is 5.75 Å². The molecule has 1 atom stereocenters. The zero-order valence-corrected chi connectivity index (χ0v) is 13.5. The molecule has 0 aliphatic carbocycles. The maximum absolute atomic E-state index is 13.4. The van der Waals surface area contributed by atoms with Gasteiger partial charge in [-0.15, -0.1) is 0 Å². The number of rotatable bonds is 3. The van der Waals surface area contributed by atoms with Crippen LogP contribution in [0.15, 0.2) is 18.2 Å². The number of hydrogen-bond acceptors (Lipinski definition) is 4. The van der Waals surface area contributed by atoms with Crippen molar-refractivity contribution in [1.82, 2.24) is 4.90 Å². The number of ether oxygens (including phenoxy) is 2. The Hall–Kier alpha value is -1.98. The van der Waals surface area contributed by atoms with Crippen molar-refractivity contribution >= 4 is 11.8 Å². The summed E-state index contributed by atoms with van der Waals surface area (Å²) in [6.07, 6.45) is 0.521. The van der Waals surface area contributed by atoms with Crippen LogP contribution >= 0.6 is 0 Å². The van der Waals surface area contributed by atoms with Crippen molar-refractivity contribution in [3.63, 3.8) is 0 Å². The van der Waals surface area contributed by atoms with Gasteiger partial charge in [0, 0.05) is 30.9 Å². The fourth-order valence-corrected chi connectivity index (χ4v) is 2.36. The van der Waals surface area contributed by atoms with E-state index in [1.807, 2.05) is 20.8 Å². The number of amides is 1. The van der Waals surface area contributed by atoms with Gasteiger partial charge in [0.25, 0.3) is 0 Å². The van der Waals surface area contributed by atoms with E-state index >= 15 is 0 Å². The van der Waals surface area contributed by atoms with Gasteiger partial charge in [0.05, 0.1) is 7.11 Å². The molecule has 1 N–H and O–H groups in total. The average molecular weight is 310 g/mol. The summed E-state index contributed by atoms with van der Waals surface area (Å²) >= 11 is 0. The number of benzene rings is 1. The Labute approximate surface area is 130 Å². The zero-order chi connectivity index (χ0) is 16.3. The first-order chi connectivity index (χ1) is 10.3. The van der Waals surface area contributed by atoms with Crippen molar-refractivity contribution in [2.24, 2.45) is 0 Å². The topological polar surface area (TPSA) is 50.8 Å². The van der Waals surface area contributed by atoms with Gasteiger partial charge in [-0.2, -0.15) is 0 Å². The van der Waals surface area contributed by atoms with Crippen LogP contribution in [0.4, 0.5) is 14.9 Å². The quantitative estimate of drug-likeness (QED) is 0.931. The predicted molar refractivity (Wildman–Crippen MR) is 82.8 cm³/mol. The molecule has 1 aliphatic heterocycles. The fraction of sp³-hybridized carbons (Fsp3) is 0.562. The lowest BCUT2D eigenvalue weighted by atomic mass is 10.2. The average Bonchev–Trinajstić information content (AvgIpc) is 2.87. The summed E-state index contributed by atoms with van der Waals surface area (Å²) in [5.41, 5.74) is 0.279. The van der Waals surface area contributed by atoms with Crippen LogP contribution < -0.4 is 10.1 Å². The molecule has 0 bridgehead atoms. The van der Waals surface area contributed by atoms with Crippen molar-refractivity contribution in [2.45, 2.75) is 38.8 Å². The van der Waals surface area contributed by atoms with E-state index in [1.165, 1.54) is 13.2 Å². The number of nitrogens with zero attached hydrogens (tertiary/aromatic N) is 1. The SMILES string of the molecule is COc1cc(NC2CCN(C(=O)OC(C)(C)C)C2)ccc1F. The fourth-order valence-electron chi connectivity index (χ4n) is 2.36. The molecule has 1 aromatic carbocycles. The maximum atomic E-state index is 13.4. The van der Waals surface area contributed by atoms with Crippen LogP contribution in [-0.2, 0) is 4.74 Å². The Balaban J connectivity index is 1.92. The molecule has 1 heterocycles. The van der Waals surface area contributed by atoms with E-state index in [9.17, 15) is 9.18 Å². The number of hydrogen-bond donors (Lipinski definition) is 1. The van der Waals surface area contributed by atoms with Crippen LogP contribution in [0.3, 0.4) is 0 Å². The molecule has 1 fully saturated rings. The number of likely N-dealkylation sites (tertiary alicyclic amines) is 1. The van der Waals surface area contributed by atoms with E-state index in [2.05, 4.69) is 5.32 Å². The molecule has 0 aromatic heterocycles. The van der Waals surface area contributed by atoms with Crippen molar-refractivity contribution in [1.29, 1.82) is 0 Å². The van der Waals surface area contributed by atoms with Crippen molar-refractivity contribution < 1.29 is 18.7 Å². The van der Waals surface area contributed by atoms with E-state index in [0.29, 0.717) is 13.1 Å². The summed E-state index contributed by atoms with van der Waals surface area (Å²) in [4.78, 5) is 13.7. The van der Waals surface area contributed by atoms with Gasteiger partial charge < -0.3 is 19.7 Å². The number of carbonyl (C=O) groups excluding carboxylic acids is 1. The molecule has 1 amide bonds. The molecule has 22 heavy (non-hydrogen) atoms. The highest BCUT2D eigenvalue weighted by Gasteiger charge is 2.29. The lowest BCUT2D eigenvalue weighted by molar-refractivity contribution is 0.0293. The molecule has 0 radical (unpaired) electrons. The van der Waals surface area contributed by atoms with Gasteiger partial charge in [-0.25, -0.2) is 9.18 Å². The molecule has 0 saturated carbocycles. The summed E-state index contributed by atoms with van der Waals surface area (Å²) in [6.45, 7) is 6.75. The summed E-state index contributed by atoms with van der Waals surface area (Å²) in [5.74, 6) is -0.193. The first kappa shape index (κ1) is 16.4. The lowest BCUT2D eigenvalue weighted by Gasteiger charge is -2.24. The van der Waals surface area contributed by atoms with Gasteiger partial charge in [0.15, 0.2) is 11.6 Å². The van der Waals surface area contributed by atoms with Crippen molar-refractivity contribution in [2.75, 3.05) is 25.5 Å². The zero-order valence-electron chi connectivity index (χ0n) is 13.5. The van der Waals surface area contributed by atoms with Crippen molar-refractivity contribution in [3.05, 3.63) is 24.0 Å². The van der Waals surface area contributed by atoms with Crippen LogP contribution in [0, 0.1) is 5.82 Å². The summed E-state index contributed by atoms with van der Waals surface area (Å²) in [6, 6.07) is 4.75. The molecular weight excluding hydrogens is 287 g/mol. The summed E-state index contributed by atoms with van der Waals surface area (Å²) < 4.78 is 23.7. The highest BCUT2D eigenvalue weighted by Crippen LogP contribution is 2.24. The largest absolute Gasteiger partial charge is 0.494 e. The van der Waals surface area contributed by atoms with Gasteiger partial charge >= 0.3 is 6.09 Å². The second-order valence-corrected chi connectivity index (χ2v) is 6.41. The van der Waals surface area contributed by atoms with Crippen LogP contribution in [0.1, 0.15) is 27.2 Å². The van der Waals surface area contributed by atoms with Crippen LogP contribution in [0.25, 0.3) is 0 Å². The Morgan fingerprint density at radius 1 is 1.41 bits per heavy atom. The summed E-state index contributed by atoms with van der Waals surface area (Å²) in [5, 5.41) is 3.29. The van der Waals surface area contributed by atoms with E-state index in [-0.39, 0.29) is 17.9 Å². The maximum Gasteiger partial charge on any atom is 0.410 e. The monoisotopic (exact) mass is 310 g/mol. The smallest absolute Gasteiger partial charge is 0.410 e. The standard InChI is InChI=1S/C16H23FN2O3/c1-16(2,3)22-15(20)19-8-7-12(10-19)18-11-5-6-13(17)14(9-11)21-4/h5-6,9,12,18H,7-8,10H2,1-4H3. The Morgan fingerprint density at radius 3 is 2.77 bits per heavy atom. The molecular formula is C16H23FN2O3. The van der Waals surface area contributed by atoms with E-state index in [4.69, 9.17) is 9.47 Å². The second-order valence-electron chi connectivity index (χ2n) is 6.41. The molecule has 2 rings (SSSR count). The van der Waals surface area contributed by atoms with Crippen LogP contribution in [0.2, 0.25) is 0 Å². The van der Waals surface area contributed by atoms with Crippen LogP contribution in [0.5, 0.6) is 5.75 Å². The molecule has 1 unspecified atom stereocenters. The first-order valence-electron chi connectivity index (χ1n) is 7.36. The third-order valence-electron chi connectivity index (χ3n) is 3.36. The van der Waals surface area contributed by atoms with Gasteiger partial charge in [-0.1, -0.05) is 0 Å². The minimum atomic E-state index is -0.493. The van der Waals surface area contributed by atoms with E-state index < -0.39 is 11.4 Å². The Morgan fingerprint density at radius 2 is 2.14 bits per heavy atom. The second kappa shape index (κ2) is 6.42. The number of carbonyl (C=O) groups is 1. The normalized spacial score (nSPS) is 18.2. The number of nitrogens with one attached hydrogen (secondary N) is 1. The lowest BCUT2D eigenvalue weighted by Crippen LogP contribution is -2.36. The number of halogens is 1. The predicted octanol–water partition coefficient (Wildman–Crippen LogP) is 3.26. The number of anilines is 1. The summed E-state index contributed by atoms with van der Waals surface area (Å²) in [7, 11) is 1.43. The highest BCUT2D eigenvalue weighted by atomic mass is 19.1. The highest BCUT2D eigenvalue weighted by molar-refractivity contribution is 5.68. The minimum Gasteiger partial charge on any atom is -0.494 e.